The lowest BCUT2D eigenvalue weighted by atomic mass is 10.2. The minimum absolute atomic E-state index is 0.145. The van der Waals surface area contributed by atoms with Crippen molar-refractivity contribution >= 4 is 17.3 Å². The summed E-state index contributed by atoms with van der Waals surface area (Å²) in [5.74, 6) is 1.13. The van der Waals surface area contributed by atoms with Gasteiger partial charge in [-0.3, -0.25) is 4.79 Å². The van der Waals surface area contributed by atoms with E-state index >= 15 is 0 Å². The Balaban J connectivity index is 1.64. The number of nitrogens with zero attached hydrogens (tertiary/aromatic N) is 1. The number of benzene rings is 3. The fraction of sp³-hybridized carbons (Fsp3) is 0.0952. The Kier molecular flexibility index (Phi) is 5.08. The number of phenols is 1. The van der Waals surface area contributed by atoms with E-state index in [2.05, 4.69) is 5.32 Å². The Morgan fingerprint density at radius 1 is 0.923 bits per heavy atom. The smallest absolute Gasteiger partial charge is 0.255 e. The summed E-state index contributed by atoms with van der Waals surface area (Å²) in [4.78, 5) is 14.3. The largest absolute Gasteiger partial charge is 0.508 e. The molecule has 5 nitrogen and oxygen atoms in total. The van der Waals surface area contributed by atoms with Gasteiger partial charge >= 0.3 is 0 Å². The molecule has 0 saturated heterocycles. The van der Waals surface area contributed by atoms with Crippen molar-refractivity contribution in [1.29, 1.82) is 0 Å². The van der Waals surface area contributed by atoms with Crippen molar-refractivity contribution in [3.8, 4) is 17.2 Å². The van der Waals surface area contributed by atoms with Gasteiger partial charge in [-0.05, 0) is 60.7 Å². The predicted octanol–water partition coefficient (Wildman–Crippen LogP) is 4.50. The van der Waals surface area contributed by atoms with Crippen LogP contribution in [0, 0.1) is 0 Å². The van der Waals surface area contributed by atoms with Gasteiger partial charge in [0.1, 0.15) is 17.2 Å². The number of carbonyl (C=O) groups excluding carboxylic acids is 1. The summed E-state index contributed by atoms with van der Waals surface area (Å²) < 4.78 is 5.66. The summed E-state index contributed by atoms with van der Waals surface area (Å²) in [5, 5.41) is 12.3. The molecule has 0 unspecified atom stereocenters. The van der Waals surface area contributed by atoms with Crippen LogP contribution in [0.4, 0.5) is 11.4 Å². The zero-order valence-electron chi connectivity index (χ0n) is 14.6. The zero-order valence-corrected chi connectivity index (χ0v) is 14.6. The molecular formula is C21H20N2O3. The maximum absolute atomic E-state index is 12.3. The van der Waals surface area contributed by atoms with E-state index < -0.39 is 0 Å². The molecular weight excluding hydrogens is 328 g/mol. The van der Waals surface area contributed by atoms with Crippen molar-refractivity contribution in [3.63, 3.8) is 0 Å². The molecule has 132 valence electrons. The van der Waals surface area contributed by atoms with E-state index in [9.17, 15) is 9.90 Å². The number of phenolic OH excluding ortho intramolecular Hbond substituents is 1. The Morgan fingerprint density at radius 2 is 1.62 bits per heavy atom. The van der Waals surface area contributed by atoms with Gasteiger partial charge in [0.05, 0.1) is 0 Å². The van der Waals surface area contributed by atoms with Crippen molar-refractivity contribution in [2.45, 2.75) is 0 Å². The maximum atomic E-state index is 12.3. The molecule has 0 bridgehead atoms. The molecule has 0 heterocycles. The molecule has 5 heteroatoms. The van der Waals surface area contributed by atoms with Crippen LogP contribution in [-0.2, 0) is 0 Å². The molecule has 0 aliphatic heterocycles. The highest BCUT2D eigenvalue weighted by atomic mass is 16.5. The Hall–Kier alpha value is -3.47. The Bertz CT molecular complexity index is 888. The SMILES string of the molecule is CN(C)c1ccc(C(=O)Nc2ccc(Oc3cccc(O)c3)cc2)cc1. The third kappa shape index (κ3) is 4.33. The molecule has 0 aromatic heterocycles. The quantitative estimate of drug-likeness (QED) is 0.712. The topological polar surface area (TPSA) is 61.8 Å². The molecule has 0 radical (unpaired) electrons. The van der Waals surface area contributed by atoms with E-state index in [0.29, 0.717) is 22.7 Å². The molecule has 0 spiro atoms. The minimum Gasteiger partial charge on any atom is -0.508 e. The minimum atomic E-state index is -0.169. The van der Waals surface area contributed by atoms with Crippen molar-refractivity contribution < 1.29 is 14.6 Å². The van der Waals surface area contributed by atoms with E-state index in [4.69, 9.17) is 4.74 Å². The van der Waals surface area contributed by atoms with Crippen LogP contribution in [0.1, 0.15) is 10.4 Å². The number of hydrogen-bond donors (Lipinski definition) is 2. The second-order valence-electron chi connectivity index (χ2n) is 6.02. The monoisotopic (exact) mass is 348 g/mol. The number of amides is 1. The second-order valence-corrected chi connectivity index (χ2v) is 6.02. The number of carbonyl (C=O) groups is 1. The molecule has 0 saturated carbocycles. The van der Waals surface area contributed by atoms with Gasteiger partial charge in [-0.25, -0.2) is 0 Å². The molecule has 0 aliphatic rings. The van der Waals surface area contributed by atoms with Crippen LogP contribution in [0.25, 0.3) is 0 Å². The fourth-order valence-corrected chi connectivity index (χ4v) is 2.40. The van der Waals surface area contributed by atoms with E-state index in [1.165, 1.54) is 6.07 Å². The van der Waals surface area contributed by atoms with E-state index in [0.717, 1.165) is 5.69 Å². The van der Waals surface area contributed by atoms with Crippen LogP contribution < -0.4 is 15.0 Å². The van der Waals surface area contributed by atoms with Crippen molar-refractivity contribution in [2.24, 2.45) is 0 Å². The maximum Gasteiger partial charge on any atom is 0.255 e. The molecule has 0 aliphatic carbocycles. The molecule has 3 aromatic carbocycles. The van der Waals surface area contributed by atoms with Crippen molar-refractivity contribution in [2.75, 3.05) is 24.3 Å². The third-order valence-corrected chi connectivity index (χ3v) is 3.81. The van der Waals surface area contributed by atoms with Gasteiger partial charge in [-0.2, -0.15) is 0 Å². The average Bonchev–Trinajstić information content (AvgIpc) is 2.63. The van der Waals surface area contributed by atoms with Gasteiger partial charge in [0.15, 0.2) is 0 Å². The second kappa shape index (κ2) is 7.61. The number of anilines is 2. The Labute approximate surface area is 152 Å². The molecule has 3 aromatic rings. The van der Waals surface area contributed by atoms with Gasteiger partial charge in [0.2, 0.25) is 0 Å². The lowest BCUT2D eigenvalue weighted by Crippen LogP contribution is -2.13. The molecule has 0 fully saturated rings. The van der Waals surface area contributed by atoms with E-state index in [1.807, 2.05) is 31.1 Å². The van der Waals surface area contributed by atoms with Crippen LogP contribution in [-0.4, -0.2) is 25.1 Å². The standard InChI is InChI=1S/C21H20N2O3/c1-23(2)17-10-6-15(7-11-17)21(25)22-16-8-12-19(13-9-16)26-20-5-3-4-18(24)14-20/h3-14,24H,1-2H3,(H,22,25). The highest BCUT2D eigenvalue weighted by Gasteiger charge is 2.07. The first kappa shape index (κ1) is 17.4. The number of hydrogen-bond acceptors (Lipinski definition) is 4. The Morgan fingerprint density at radius 3 is 2.23 bits per heavy atom. The van der Waals surface area contributed by atoms with Crippen LogP contribution >= 0.6 is 0 Å². The molecule has 2 N–H and O–H groups in total. The van der Waals surface area contributed by atoms with Crippen LogP contribution in [0.3, 0.4) is 0 Å². The van der Waals surface area contributed by atoms with Crippen molar-refractivity contribution in [1.82, 2.24) is 0 Å². The number of aromatic hydroxyl groups is 1. The molecule has 1 amide bonds. The molecule has 3 rings (SSSR count). The van der Waals surface area contributed by atoms with Gasteiger partial charge in [-0.15, -0.1) is 0 Å². The predicted molar refractivity (Wildman–Crippen MR) is 103 cm³/mol. The summed E-state index contributed by atoms with van der Waals surface area (Å²) in [6.07, 6.45) is 0. The third-order valence-electron chi connectivity index (χ3n) is 3.81. The summed E-state index contributed by atoms with van der Waals surface area (Å²) in [5.41, 5.74) is 2.31. The first-order chi connectivity index (χ1) is 12.5. The lowest BCUT2D eigenvalue weighted by molar-refractivity contribution is 0.102. The highest BCUT2D eigenvalue weighted by Crippen LogP contribution is 2.25. The lowest BCUT2D eigenvalue weighted by Gasteiger charge is -2.12. The normalized spacial score (nSPS) is 10.2. The van der Waals surface area contributed by atoms with E-state index in [-0.39, 0.29) is 11.7 Å². The summed E-state index contributed by atoms with van der Waals surface area (Å²) >= 11 is 0. The van der Waals surface area contributed by atoms with E-state index in [1.54, 1.807) is 54.6 Å². The fourth-order valence-electron chi connectivity index (χ4n) is 2.40. The number of rotatable bonds is 5. The van der Waals surface area contributed by atoms with Crippen LogP contribution in [0.2, 0.25) is 0 Å². The summed E-state index contributed by atoms with van der Waals surface area (Å²) in [6, 6.07) is 21.0. The van der Waals surface area contributed by atoms with Gasteiger partial charge in [-0.1, -0.05) is 6.07 Å². The number of nitrogens with one attached hydrogen (secondary N) is 1. The molecule has 26 heavy (non-hydrogen) atoms. The number of ether oxygens (including phenoxy) is 1. The highest BCUT2D eigenvalue weighted by molar-refractivity contribution is 6.04. The summed E-state index contributed by atoms with van der Waals surface area (Å²) in [6.45, 7) is 0. The van der Waals surface area contributed by atoms with Gasteiger partial charge < -0.3 is 20.1 Å². The summed E-state index contributed by atoms with van der Waals surface area (Å²) in [7, 11) is 3.91. The average molecular weight is 348 g/mol. The first-order valence-electron chi connectivity index (χ1n) is 8.17. The zero-order chi connectivity index (χ0) is 18.5. The van der Waals surface area contributed by atoms with Crippen molar-refractivity contribution in [3.05, 3.63) is 78.4 Å². The van der Waals surface area contributed by atoms with Crippen LogP contribution in [0.5, 0.6) is 17.2 Å². The van der Waals surface area contributed by atoms with Crippen LogP contribution in [0.15, 0.2) is 72.8 Å². The van der Waals surface area contributed by atoms with Gasteiger partial charge in [0.25, 0.3) is 5.91 Å². The van der Waals surface area contributed by atoms with Gasteiger partial charge in [0, 0.05) is 37.1 Å². The molecule has 0 atom stereocenters. The first-order valence-corrected chi connectivity index (χ1v) is 8.17.